The van der Waals surface area contributed by atoms with Crippen LogP contribution >= 0.6 is 0 Å². The van der Waals surface area contributed by atoms with E-state index < -0.39 is 0 Å². The molecule has 0 aromatic carbocycles. The number of aryl methyl sites for hydroxylation is 2. The molecule has 1 aromatic rings. The van der Waals surface area contributed by atoms with Crippen LogP contribution in [-0.4, -0.2) is 25.5 Å². The minimum atomic E-state index is -0.371. The summed E-state index contributed by atoms with van der Waals surface area (Å²) in [5.41, 5.74) is -0.371. The number of hydrogen-bond donors (Lipinski definition) is 1. The van der Waals surface area contributed by atoms with Crippen LogP contribution in [0.1, 0.15) is 32.0 Å². The van der Waals surface area contributed by atoms with Gasteiger partial charge in [-0.1, -0.05) is 0 Å². The summed E-state index contributed by atoms with van der Waals surface area (Å²) >= 11 is 0. The number of rotatable bonds is 4. The van der Waals surface area contributed by atoms with Gasteiger partial charge in [0.2, 0.25) is 0 Å². The monoisotopic (exact) mass is 181 g/mol. The van der Waals surface area contributed by atoms with Crippen molar-refractivity contribution in [1.82, 2.24) is 14.8 Å². The molecular weight excluding hydrogens is 166 g/mol. The van der Waals surface area contributed by atoms with E-state index >= 15 is 0 Å². The molecule has 0 radical (unpaired) electrons. The Morgan fingerprint density at radius 2 is 2.38 bits per heavy atom. The minimum Gasteiger partial charge on any atom is -0.390 e. The van der Waals surface area contributed by atoms with Gasteiger partial charge in [-0.05, 0) is 26.2 Å². The first-order valence-corrected chi connectivity index (χ1v) is 4.82. The predicted octanol–water partition coefficient (Wildman–Crippen LogP) is 0.756. The summed E-state index contributed by atoms with van der Waals surface area (Å²) in [4.78, 5) is 4.16. The SMILES string of the molecule is CCn1ncnc1CCC1(O)CC1. The van der Waals surface area contributed by atoms with E-state index in [1.165, 1.54) is 0 Å². The Hall–Kier alpha value is -0.900. The standard InChI is InChI=1S/C9H15N3O/c1-2-12-8(10-7-11-12)3-4-9(13)5-6-9/h7,13H,2-6H2,1H3. The van der Waals surface area contributed by atoms with E-state index in [9.17, 15) is 5.11 Å². The van der Waals surface area contributed by atoms with Gasteiger partial charge >= 0.3 is 0 Å². The number of aromatic nitrogens is 3. The van der Waals surface area contributed by atoms with Crippen molar-refractivity contribution in [2.45, 2.75) is 44.8 Å². The summed E-state index contributed by atoms with van der Waals surface area (Å²) in [6.07, 6.45) is 5.15. The maximum absolute atomic E-state index is 9.63. The van der Waals surface area contributed by atoms with Crippen molar-refractivity contribution in [2.75, 3.05) is 0 Å². The Labute approximate surface area is 77.6 Å². The number of nitrogens with zero attached hydrogens (tertiary/aromatic N) is 3. The van der Waals surface area contributed by atoms with Crippen molar-refractivity contribution < 1.29 is 5.11 Å². The van der Waals surface area contributed by atoms with Crippen LogP contribution in [-0.2, 0) is 13.0 Å². The summed E-state index contributed by atoms with van der Waals surface area (Å²) in [5, 5.41) is 13.7. The van der Waals surface area contributed by atoms with Gasteiger partial charge in [0, 0.05) is 13.0 Å². The third-order valence-corrected chi connectivity index (χ3v) is 2.64. The lowest BCUT2D eigenvalue weighted by atomic mass is 10.2. The Balaban J connectivity index is 1.93. The van der Waals surface area contributed by atoms with Crippen molar-refractivity contribution in [3.63, 3.8) is 0 Å². The maximum Gasteiger partial charge on any atom is 0.138 e. The van der Waals surface area contributed by atoms with Gasteiger partial charge in [0.05, 0.1) is 5.60 Å². The highest BCUT2D eigenvalue weighted by Crippen LogP contribution is 2.38. The molecule has 4 heteroatoms. The highest BCUT2D eigenvalue weighted by Gasteiger charge is 2.39. The lowest BCUT2D eigenvalue weighted by Crippen LogP contribution is -2.11. The Morgan fingerprint density at radius 3 is 3.00 bits per heavy atom. The second-order valence-corrected chi connectivity index (χ2v) is 3.72. The zero-order valence-electron chi connectivity index (χ0n) is 7.90. The van der Waals surface area contributed by atoms with Crippen molar-refractivity contribution >= 4 is 0 Å². The fourth-order valence-corrected chi connectivity index (χ4v) is 1.48. The number of aliphatic hydroxyl groups is 1. The van der Waals surface area contributed by atoms with Crippen LogP contribution in [0.5, 0.6) is 0 Å². The van der Waals surface area contributed by atoms with Crippen LogP contribution in [0.15, 0.2) is 6.33 Å². The Bertz CT molecular complexity index is 291. The lowest BCUT2D eigenvalue weighted by molar-refractivity contribution is 0.139. The molecule has 0 saturated heterocycles. The molecule has 1 N–H and O–H groups in total. The molecule has 0 amide bonds. The summed E-state index contributed by atoms with van der Waals surface area (Å²) in [6, 6.07) is 0. The average Bonchev–Trinajstić information content (AvgIpc) is 2.69. The third-order valence-electron chi connectivity index (χ3n) is 2.64. The van der Waals surface area contributed by atoms with Crippen LogP contribution in [0.2, 0.25) is 0 Å². The molecule has 0 atom stereocenters. The second-order valence-electron chi connectivity index (χ2n) is 3.72. The molecule has 0 unspecified atom stereocenters. The highest BCUT2D eigenvalue weighted by molar-refractivity contribution is 4.97. The van der Waals surface area contributed by atoms with Crippen molar-refractivity contribution in [2.24, 2.45) is 0 Å². The molecule has 0 spiro atoms. The first kappa shape index (κ1) is 8.69. The van der Waals surface area contributed by atoms with Crippen LogP contribution in [0, 0.1) is 0 Å². The van der Waals surface area contributed by atoms with Gasteiger partial charge in [0.1, 0.15) is 12.2 Å². The van der Waals surface area contributed by atoms with E-state index in [0.717, 1.165) is 38.1 Å². The van der Waals surface area contributed by atoms with Crippen LogP contribution < -0.4 is 0 Å². The molecular formula is C9H15N3O. The minimum absolute atomic E-state index is 0.371. The normalized spacial score (nSPS) is 18.9. The quantitative estimate of drug-likeness (QED) is 0.746. The van der Waals surface area contributed by atoms with Gasteiger partial charge in [-0.2, -0.15) is 5.10 Å². The molecule has 1 aliphatic carbocycles. The zero-order chi connectivity index (χ0) is 9.31. The van der Waals surface area contributed by atoms with Gasteiger partial charge in [-0.15, -0.1) is 0 Å². The molecule has 1 aliphatic rings. The van der Waals surface area contributed by atoms with Crippen molar-refractivity contribution in [1.29, 1.82) is 0 Å². The molecule has 1 fully saturated rings. The van der Waals surface area contributed by atoms with Gasteiger partial charge in [0.15, 0.2) is 0 Å². The van der Waals surface area contributed by atoms with E-state index in [1.54, 1.807) is 6.33 Å². The topological polar surface area (TPSA) is 50.9 Å². The zero-order valence-corrected chi connectivity index (χ0v) is 7.90. The number of hydrogen-bond acceptors (Lipinski definition) is 3. The van der Waals surface area contributed by atoms with E-state index in [4.69, 9.17) is 0 Å². The molecule has 13 heavy (non-hydrogen) atoms. The first-order chi connectivity index (χ1) is 6.23. The van der Waals surface area contributed by atoms with E-state index in [1.807, 2.05) is 11.6 Å². The third kappa shape index (κ3) is 1.88. The Morgan fingerprint density at radius 1 is 1.62 bits per heavy atom. The van der Waals surface area contributed by atoms with Crippen molar-refractivity contribution in [3.05, 3.63) is 12.2 Å². The molecule has 1 heterocycles. The molecule has 72 valence electrons. The lowest BCUT2D eigenvalue weighted by Gasteiger charge is -2.06. The van der Waals surface area contributed by atoms with Crippen LogP contribution in [0.3, 0.4) is 0 Å². The highest BCUT2D eigenvalue weighted by atomic mass is 16.3. The average molecular weight is 181 g/mol. The van der Waals surface area contributed by atoms with E-state index in [2.05, 4.69) is 10.1 Å². The maximum atomic E-state index is 9.63. The largest absolute Gasteiger partial charge is 0.390 e. The summed E-state index contributed by atoms with van der Waals surface area (Å²) in [6.45, 7) is 2.90. The van der Waals surface area contributed by atoms with Crippen LogP contribution in [0.4, 0.5) is 0 Å². The smallest absolute Gasteiger partial charge is 0.138 e. The van der Waals surface area contributed by atoms with Crippen molar-refractivity contribution in [3.8, 4) is 0 Å². The molecule has 4 nitrogen and oxygen atoms in total. The van der Waals surface area contributed by atoms with Gasteiger partial charge in [0.25, 0.3) is 0 Å². The second kappa shape index (κ2) is 3.10. The summed E-state index contributed by atoms with van der Waals surface area (Å²) in [5.74, 6) is 0.989. The molecule has 1 aromatic heterocycles. The van der Waals surface area contributed by atoms with Gasteiger partial charge < -0.3 is 5.11 Å². The van der Waals surface area contributed by atoms with E-state index in [-0.39, 0.29) is 5.60 Å². The Kier molecular flexibility index (Phi) is 2.07. The summed E-state index contributed by atoms with van der Waals surface area (Å²) in [7, 11) is 0. The molecule has 0 aliphatic heterocycles. The predicted molar refractivity (Wildman–Crippen MR) is 48.2 cm³/mol. The summed E-state index contributed by atoms with van der Waals surface area (Å²) < 4.78 is 1.88. The fourth-order valence-electron chi connectivity index (χ4n) is 1.48. The van der Waals surface area contributed by atoms with Gasteiger partial charge in [-0.3, -0.25) is 4.68 Å². The molecule has 2 rings (SSSR count). The fraction of sp³-hybridized carbons (Fsp3) is 0.778. The molecule has 0 bridgehead atoms. The van der Waals surface area contributed by atoms with Gasteiger partial charge in [-0.25, -0.2) is 4.98 Å². The molecule has 1 saturated carbocycles. The van der Waals surface area contributed by atoms with Crippen LogP contribution in [0.25, 0.3) is 0 Å². The first-order valence-electron chi connectivity index (χ1n) is 4.82. The van der Waals surface area contributed by atoms with E-state index in [0.29, 0.717) is 0 Å².